The van der Waals surface area contributed by atoms with Gasteiger partial charge in [0.25, 0.3) is 0 Å². The normalized spacial score (nSPS) is 27.6. The van der Waals surface area contributed by atoms with E-state index in [-0.39, 0.29) is 10.2 Å². The van der Waals surface area contributed by atoms with Gasteiger partial charge in [-0.1, -0.05) is 0 Å². The van der Waals surface area contributed by atoms with Crippen molar-refractivity contribution in [1.29, 1.82) is 0 Å². The summed E-state index contributed by atoms with van der Waals surface area (Å²) < 4.78 is 0. The molecule has 2 rings (SSSR count). The van der Waals surface area contributed by atoms with E-state index in [2.05, 4.69) is 0 Å². The molecule has 0 saturated heterocycles. The van der Waals surface area contributed by atoms with Crippen LogP contribution in [0.4, 0.5) is 0 Å². The summed E-state index contributed by atoms with van der Waals surface area (Å²) >= 11 is -2.81. The topological polar surface area (TPSA) is 51.2 Å². The minimum absolute atomic E-state index is 0.0579. The number of hydrogen-bond donors (Lipinski definition) is 0. The van der Waals surface area contributed by atoms with Gasteiger partial charge in [0, 0.05) is 0 Å². The zero-order valence-electron chi connectivity index (χ0n) is 7.40. The molecule has 1 atom stereocenters. The van der Waals surface area contributed by atoms with E-state index in [0.29, 0.717) is 15.6 Å². The molecule has 0 amide bonds. The van der Waals surface area contributed by atoms with E-state index in [4.69, 9.17) is 0 Å². The van der Waals surface area contributed by atoms with Crippen LogP contribution in [0.3, 0.4) is 0 Å². The Kier molecular flexibility index (Phi) is 2.05. The molecule has 76 valence electrons. The van der Waals surface area contributed by atoms with E-state index in [9.17, 15) is 14.4 Å². The molecule has 0 radical (unpaired) electrons. The summed E-state index contributed by atoms with van der Waals surface area (Å²) in [5.74, 6) is 0. The Morgan fingerprint density at radius 3 is 2.00 bits per heavy atom. The molecular formula is C10H10FeO3. The van der Waals surface area contributed by atoms with Crippen LogP contribution in [-0.4, -0.2) is 15.6 Å². The first-order valence-corrected chi connectivity index (χ1v) is 6.70. The van der Waals surface area contributed by atoms with Gasteiger partial charge in [0.1, 0.15) is 0 Å². The van der Waals surface area contributed by atoms with Crippen molar-refractivity contribution in [3.8, 4) is 0 Å². The first-order chi connectivity index (χ1) is 6.73. The molecule has 0 N–H and O–H groups in total. The summed E-state index contributed by atoms with van der Waals surface area (Å²) in [6.07, 6.45) is 8.52. The van der Waals surface area contributed by atoms with Crippen LogP contribution in [0.5, 0.6) is 0 Å². The number of carbonyl (C=O) groups excluding carboxylic acids is 3. The van der Waals surface area contributed by atoms with E-state index in [1.165, 1.54) is 0 Å². The van der Waals surface area contributed by atoms with Crippen LogP contribution in [0.2, 0.25) is 4.82 Å². The van der Waals surface area contributed by atoms with Crippen molar-refractivity contribution in [2.75, 3.05) is 0 Å². The third kappa shape index (κ3) is 1.08. The summed E-state index contributed by atoms with van der Waals surface area (Å²) in [5.41, 5.74) is -0.150. The third-order valence-corrected chi connectivity index (χ3v) is 6.23. The molecule has 0 aromatic heterocycles. The van der Waals surface area contributed by atoms with Gasteiger partial charge in [0.15, 0.2) is 0 Å². The summed E-state index contributed by atoms with van der Waals surface area (Å²) in [6, 6.07) is 0. The Balaban J connectivity index is 2.29. The molecule has 0 aromatic carbocycles. The van der Waals surface area contributed by atoms with Gasteiger partial charge < -0.3 is 0 Å². The average Bonchev–Trinajstić information content (AvgIpc) is 2.72. The minimum atomic E-state index is -2.81. The molecule has 0 aromatic rings. The fraction of sp³-hybridized carbons (Fsp3) is 0.300. The predicted octanol–water partition coefficient (Wildman–Crippen LogP) is 1.02. The summed E-state index contributed by atoms with van der Waals surface area (Å²) in [5, 5.41) is 1.77. The van der Waals surface area contributed by atoms with Crippen molar-refractivity contribution >= 4 is 15.6 Å². The van der Waals surface area contributed by atoms with Crippen LogP contribution < -0.4 is 0 Å². The van der Waals surface area contributed by atoms with E-state index in [1.54, 1.807) is 0 Å². The Hall–Kier alpha value is -0.991. The fourth-order valence-corrected chi connectivity index (χ4v) is 4.54. The van der Waals surface area contributed by atoms with Gasteiger partial charge in [-0.15, -0.1) is 0 Å². The summed E-state index contributed by atoms with van der Waals surface area (Å²) in [7, 11) is 0. The summed E-state index contributed by atoms with van der Waals surface area (Å²) in [6.45, 7) is 0. The molecule has 1 unspecified atom stereocenters. The monoisotopic (exact) mass is 234 g/mol. The van der Waals surface area contributed by atoms with Crippen LogP contribution >= 0.6 is 0 Å². The fourth-order valence-electron chi connectivity index (χ4n) is 1.80. The molecule has 0 bridgehead atoms. The van der Waals surface area contributed by atoms with Crippen LogP contribution in [0.1, 0.15) is 6.42 Å². The first-order valence-electron chi connectivity index (χ1n) is 4.15. The van der Waals surface area contributed by atoms with Crippen molar-refractivity contribution in [2.24, 2.45) is 5.41 Å². The van der Waals surface area contributed by atoms with Gasteiger partial charge in [-0.3, -0.25) is 0 Å². The van der Waals surface area contributed by atoms with E-state index in [0.717, 1.165) is 6.42 Å². The van der Waals surface area contributed by atoms with Crippen LogP contribution in [0.25, 0.3) is 0 Å². The SMILES string of the molecule is O=[CH][Fe]([CH]=O)([CH]=O)[CH]1CC12C=CC=C2. The second-order valence-corrected chi connectivity index (χ2v) is 7.20. The van der Waals surface area contributed by atoms with Crippen LogP contribution in [0, 0.1) is 5.41 Å². The molecular weight excluding hydrogens is 224 g/mol. The van der Waals surface area contributed by atoms with E-state index >= 15 is 0 Å². The summed E-state index contributed by atoms with van der Waals surface area (Å²) in [4.78, 5) is 32.5. The van der Waals surface area contributed by atoms with Crippen molar-refractivity contribution in [1.82, 2.24) is 0 Å². The van der Waals surface area contributed by atoms with Crippen molar-refractivity contribution < 1.29 is 27.2 Å². The number of rotatable bonds is 4. The zero-order chi connectivity index (χ0) is 10.2. The number of carbonyl (C=O) groups is 3. The number of allylic oxidation sites excluding steroid dienone is 4. The quantitative estimate of drug-likeness (QED) is 0.538. The zero-order valence-corrected chi connectivity index (χ0v) is 8.51. The van der Waals surface area contributed by atoms with Crippen LogP contribution in [0.15, 0.2) is 24.3 Å². The first kappa shape index (κ1) is 9.56. The van der Waals surface area contributed by atoms with Crippen molar-refractivity contribution in [3.63, 3.8) is 0 Å². The van der Waals surface area contributed by atoms with Gasteiger partial charge in [0.2, 0.25) is 0 Å². The molecule has 2 aliphatic rings. The van der Waals surface area contributed by atoms with Gasteiger partial charge >= 0.3 is 83.7 Å². The van der Waals surface area contributed by atoms with Gasteiger partial charge in [-0.2, -0.15) is 0 Å². The molecule has 3 nitrogen and oxygen atoms in total. The third-order valence-electron chi connectivity index (χ3n) is 2.72. The van der Waals surface area contributed by atoms with Crippen LogP contribution in [-0.2, 0) is 27.2 Å². The standard InChI is InChI=1S/C7H7.3CHO.Fe/c1-2-4-7(3-1)5-6-7;3*1-2;/h1-5H,6H2;3*1H;. The van der Waals surface area contributed by atoms with E-state index < -0.39 is 12.8 Å². The average molecular weight is 234 g/mol. The Morgan fingerprint density at radius 1 is 1.07 bits per heavy atom. The molecule has 1 spiro atoms. The van der Waals surface area contributed by atoms with E-state index in [1.807, 2.05) is 24.3 Å². The molecule has 1 fully saturated rings. The molecule has 0 aliphatic heterocycles. The Labute approximate surface area is 84.1 Å². The number of hydrogen-bond acceptors (Lipinski definition) is 3. The maximum atomic E-state index is 10.9. The molecule has 4 heteroatoms. The van der Waals surface area contributed by atoms with Gasteiger partial charge in [0.05, 0.1) is 0 Å². The molecule has 14 heavy (non-hydrogen) atoms. The Bertz CT molecular complexity index is 323. The molecule has 2 aliphatic carbocycles. The van der Waals surface area contributed by atoms with Crippen molar-refractivity contribution in [3.05, 3.63) is 24.3 Å². The Morgan fingerprint density at radius 2 is 1.57 bits per heavy atom. The van der Waals surface area contributed by atoms with Gasteiger partial charge in [-0.05, 0) is 0 Å². The second-order valence-electron chi connectivity index (χ2n) is 3.44. The molecule has 1 saturated carbocycles. The van der Waals surface area contributed by atoms with Crippen molar-refractivity contribution in [2.45, 2.75) is 11.2 Å². The molecule has 0 heterocycles. The second kappa shape index (κ2) is 3.00. The van der Waals surface area contributed by atoms with Gasteiger partial charge in [-0.25, -0.2) is 0 Å². The predicted molar refractivity (Wildman–Crippen MR) is 49.3 cm³/mol. The maximum absolute atomic E-state index is 10.9.